The van der Waals surface area contributed by atoms with Gasteiger partial charge in [0.25, 0.3) is 0 Å². The molecular weight excluding hydrogens is 895 g/mol. The van der Waals surface area contributed by atoms with E-state index in [0.717, 1.165) is 121 Å². The lowest BCUT2D eigenvalue weighted by atomic mass is 9.97. The van der Waals surface area contributed by atoms with Gasteiger partial charge in [0.05, 0.1) is 55.3 Å². The van der Waals surface area contributed by atoms with Crippen molar-refractivity contribution in [2.45, 2.75) is 0 Å². The van der Waals surface area contributed by atoms with Crippen LogP contribution in [-0.2, 0) is 0 Å². The van der Waals surface area contributed by atoms with Gasteiger partial charge >= 0.3 is 0 Å². The van der Waals surface area contributed by atoms with Crippen LogP contribution in [0.4, 0.5) is 0 Å². The second kappa shape index (κ2) is 16.3. The van der Waals surface area contributed by atoms with Crippen molar-refractivity contribution >= 4 is 76.6 Å². The summed E-state index contributed by atoms with van der Waals surface area (Å²) in [6.45, 7) is 0. The van der Waals surface area contributed by atoms with E-state index in [1.54, 1.807) is 0 Å². The molecule has 0 aliphatic rings. The van der Waals surface area contributed by atoms with E-state index >= 15 is 0 Å². The maximum absolute atomic E-state index is 7.12. The predicted octanol–water partition coefficient (Wildman–Crippen LogP) is 16.2. The van der Waals surface area contributed by atoms with Crippen LogP contribution >= 0.6 is 0 Å². The van der Waals surface area contributed by atoms with Gasteiger partial charge < -0.3 is 13.6 Å². The molecule has 0 N–H and O–H groups in total. The highest BCUT2D eigenvalue weighted by Gasteiger charge is 2.29. The Balaban J connectivity index is 1.11. The number of furan rings is 1. The van der Waals surface area contributed by atoms with Crippen molar-refractivity contribution < 1.29 is 4.42 Å². The third kappa shape index (κ3) is 6.37. The molecule has 73 heavy (non-hydrogen) atoms. The maximum Gasteiger partial charge on any atom is 0.164 e. The van der Waals surface area contributed by atoms with Gasteiger partial charge in [0.15, 0.2) is 17.5 Å². The van der Waals surface area contributed by atoms with Crippen LogP contribution in [0.2, 0.25) is 0 Å². The number of aromatic nitrogens is 7. The summed E-state index contributed by atoms with van der Waals surface area (Å²) in [5.41, 5.74) is 15.3. The fraction of sp³-hybridized carbons (Fsp3) is 0. The molecular formula is C65H39N7O. The van der Waals surface area contributed by atoms with E-state index in [-0.39, 0.29) is 0 Å². The van der Waals surface area contributed by atoms with E-state index < -0.39 is 0 Å². The van der Waals surface area contributed by atoms with Crippen LogP contribution in [0.1, 0.15) is 0 Å². The molecule has 0 saturated carbocycles. The molecule has 15 aromatic rings. The summed E-state index contributed by atoms with van der Waals surface area (Å²) in [5.74, 6) is 1.63. The van der Waals surface area contributed by atoms with Crippen LogP contribution in [0.15, 0.2) is 241 Å². The Hall–Kier alpha value is -10.1. The third-order valence-corrected chi connectivity index (χ3v) is 14.1. The highest BCUT2D eigenvalue weighted by Crippen LogP contribution is 2.50. The molecule has 10 aromatic carbocycles. The number of nitrogens with zero attached hydrogens (tertiary/aromatic N) is 7. The van der Waals surface area contributed by atoms with Gasteiger partial charge in [0, 0.05) is 60.7 Å². The van der Waals surface area contributed by atoms with E-state index in [1.807, 2.05) is 103 Å². The van der Waals surface area contributed by atoms with Crippen molar-refractivity contribution in [1.82, 2.24) is 34.1 Å². The van der Waals surface area contributed by atoms with Crippen LogP contribution < -0.4 is 0 Å². The lowest BCUT2D eigenvalue weighted by molar-refractivity contribution is 0.673. The summed E-state index contributed by atoms with van der Waals surface area (Å²) in [4.78, 5) is 26.7. The van der Waals surface area contributed by atoms with Gasteiger partial charge in [-0.05, 0) is 60.7 Å². The summed E-state index contributed by atoms with van der Waals surface area (Å²) >= 11 is 0. The SMILES string of the molecule is c1ccc(-c2nc(-c3ccccc3)nc(-c3cc(-n4c5ccccc5c5c6oc7ccccc7c6c6c(c7ccccc7n6-c6ccccc6)c54)ccc3-c3nc4ccccc4nc3-c3ccccc3)n2)cc1. The van der Waals surface area contributed by atoms with Crippen LogP contribution in [0, 0.1) is 0 Å². The molecule has 0 bridgehead atoms. The summed E-state index contributed by atoms with van der Waals surface area (Å²) in [7, 11) is 0. The van der Waals surface area contributed by atoms with Gasteiger partial charge in [-0.15, -0.1) is 0 Å². The minimum absolute atomic E-state index is 0.504. The lowest BCUT2D eigenvalue weighted by Gasteiger charge is -2.17. The van der Waals surface area contributed by atoms with Crippen LogP contribution in [0.3, 0.4) is 0 Å². The quantitative estimate of drug-likeness (QED) is 0.158. The zero-order chi connectivity index (χ0) is 48.0. The predicted molar refractivity (Wildman–Crippen MR) is 296 cm³/mol. The fourth-order valence-corrected chi connectivity index (χ4v) is 11.0. The van der Waals surface area contributed by atoms with E-state index in [1.165, 1.54) is 0 Å². The molecule has 5 heterocycles. The molecule has 15 rings (SSSR count). The molecule has 0 saturated heterocycles. The van der Waals surface area contributed by atoms with E-state index in [9.17, 15) is 0 Å². The summed E-state index contributed by atoms with van der Waals surface area (Å²) in [6.07, 6.45) is 0. The van der Waals surface area contributed by atoms with Gasteiger partial charge in [-0.25, -0.2) is 24.9 Å². The van der Waals surface area contributed by atoms with Crippen molar-refractivity contribution in [2.24, 2.45) is 0 Å². The lowest BCUT2D eigenvalue weighted by Crippen LogP contribution is -2.04. The molecule has 0 amide bonds. The van der Waals surface area contributed by atoms with Crippen LogP contribution in [0.25, 0.3) is 145 Å². The number of benzene rings is 10. The standard InChI is InChI=1S/C65H39N7O/c1-5-21-40(22-6-1)58-59(67-51-33-17-16-32-50(51)66-58)45-38-37-44(39-49(45)65-69-63(41-23-7-2-8-24-41)68-64(70-65)42-25-9-3-10-26-42)72-53-35-19-14-30-47(53)56-60(72)55-46-29-13-18-34-52(46)71(43-27-11-4-12-28-43)61(55)57-48-31-15-20-36-54(48)73-62(56)57/h1-39H. The fourth-order valence-electron chi connectivity index (χ4n) is 11.0. The molecule has 0 radical (unpaired) electrons. The van der Waals surface area contributed by atoms with Gasteiger partial charge in [-0.1, -0.05) is 176 Å². The molecule has 0 spiro atoms. The second-order valence-corrected chi connectivity index (χ2v) is 18.3. The minimum atomic E-state index is 0.504. The zero-order valence-corrected chi connectivity index (χ0v) is 39.1. The maximum atomic E-state index is 7.12. The molecule has 8 nitrogen and oxygen atoms in total. The monoisotopic (exact) mass is 933 g/mol. The summed E-state index contributed by atoms with van der Waals surface area (Å²) < 4.78 is 11.9. The first-order valence-electron chi connectivity index (χ1n) is 24.4. The molecule has 5 aromatic heterocycles. The Morgan fingerprint density at radius 1 is 0.315 bits per heavy atom. The van der Waals surface area contributed by atoms with Crippen molar-refractivity contribution in [1.29, 1.82) is 0 Å². The summed E-state index contributed by atoms with van der Waals surface area (Å²) in [6, 6.07) is 81.7. The van der Waals surface area contributed by atoms with E-state index in [0.29, 0.717) is 23.2 Å². The highest BCUT2D eigenvalue weighted by molar-refractivity contribution is 6.39. The van der Waals surface area contributed by atoms with Crippen LogP contribution in [-0.4, -0.2) is 34.1 Å². The topological polar surface area (TPSA) is 87.5 Å². The smallest absolute Gasteiger partial charge is 0.164 e. The average molecular weight is 934 g/mol. The molecule has 0 unspecified atom stereocenters. The zero-order valence-electron chi connectivity index (χ0n) is 39.1. The molecule has 340 valence electrons. The van der Waals surface area contributed by atoms with E-state index in [2.05, 4.69) is 143 Å². The van der Waals surface area contributed by atoms with E-state index in [4.69, 9.17) is 29.3 Å². The Labute approximate surface area is 417 Å². The molecule has 8 heteroatoms. The Kier molecular flexibility index (Phi) is 9.09. The van der Waals surface area contributed by atoms with Gasteiger partial charge in [0.2, 0.25) is 0 Å². The first kappa shape index (κ1) is 40.8. The minimum Gasteiger partial charge on any atom is -0.455 e. The summed E-state index contributed by atoms with van der Waals surface area (Å²) in [5, 5.41) is 6.52. The number of hydrogen-bond donors (Lipinski definition) is 0. The Morgan fingerprint density at radius 3 is 1.41 bits per heavy atom. The van der Waals surface area contributed by atoms with Crippen molar-refractivity contribution in [3.63, 3.8) is 0 Å². The Bertz CT molecular complexity index is 4600. The highest BCUT2D eigenvalue weighted by atomic mass is 16.3. The largest absolute Gasteiger partial charge is 0.455 e. The number of fused-ring (bicyclic) bond motifs is 13. The first-order chi connectivity index (χ1) is 36.2. The number of hydrogen-bond acceptors (Lipinski definition) is 6. The van der Waals surface area contributed by atoms with Gasteiger partial charge in [-0.3, -0.25) is 0 Å². The number of rotatable bonds is 7. The molecule has 0 atom stereocenters. The normalized spacial score (nSPS) is 11.8. The Morgan fingerprint density at radius 2 is 0.781 bits per heavy atom. The molecule has 0 aliphatic carbocycles. The second-order valence-electron chi connectivity index (χ2n) is 18.3. The number of para-hydroxylation sites is 6. The third-order valence-electron chi connectivity index (χ3n) is 14.1. The van der Waals surface area contributed by atoms with Gasteiger partial charge in [-0.2, -0.15) is 0 Å². The van der Waals surface area contributed by atoms with Crippen molar-refractivity contribution in [3.05, 3.63) is 237 Å². The van der Waals surface area contributed by atoms with Gasteiger partial charge in [0.1, 0.15) is 11.2 Å². The van der Waals surface area contributed by atoms with Crippen molar-refractivity contribution in [2.75, 3.05) is 0 Å². The molecule has 0 fully saturated rings. The molecule has 0 aliphatic heterocycles. The first-order valence-corrected chi connectivity index (χ1v) is 24.4. The van der Waals surface area contributed by atoms with Crippen molar-refractivity contribution in [3.8, 4) is 68.1 Å². The average Bonchev–Trinajstić information content (AvgIpc) is 4.14. The van der Waals surface area contributed by atoms with Crippen LogP contribution in [0.5, 0.6) is 0 Å².